The van der Waals surface area contributed by atoms with E-state index in [1.54, 1.807) is 0 Å². The SMILES string of the molecule is COC(=O)C1CC2(CCN(C(=O)c3coc4c3C(=O)CCC4)CC2)c2ccccc21. The van der Waals surface area contributed by atoms with Gasteiger partial charge < -0.3 is 14.1 Å². The second-order valence-electron chi connectivity index (χ2n) is 8.66. The third-order valence-corrected chi connectivity index (χ3v) is 7.18. The highest BCUT2D eigenvalue weighted by atomic mass is 16.5. The molecule has 0 radical (unpaired) electrons. The van der Waals surface area contributed by atoms with E-state index >= 15 is 0 Å². The molecule has 1 atom stereocenters. The standard InChI is InChI=1S/C24H25NO5/c1-29-23(28)16-13-24(18-6-3-2-5-15(16)18)9-11-25(12-10-24)22(27)17-14-30-20-8-4-7-19(26)21(17)20/h2-3,5-6,14,16H,4,7-13H2,1H3. The van der Waals surface area contributed by atoms with Crippen LogP contribution in [0, 0.1) is 0 Å². The smallest absolute Gasteiger partial charge is 0.313 e. The minimum Gasteiger partial charge on any atom is -0.469 e. The molecular weight excluding hydrogens is 382 g/mol. The predicted octanol–water partition coefficient (Wildman–Crippen LogP) is 3.63. The van der Waals surface area contributed by atoms with Crippen molar-refractivity contribution in [3.05, 3.63) is 58.5 Å². The first-order valence-electron chi connectivity index (χ1n) is 10.6. The third kappa shape index (κ3) is 2.81. The summed E-state index contributed by atoms with van der Waals surface area (Å²) in [4.78, 5) is 39.7. The van der Waals surface area contributed by atoms with E-state index < -0.39 is 0 Å². The van der Waals surface area contributed by atoms with Gasteiger partial charge in [-0.05, 0) is 36.8 Å². The van der Waals surface area contributed by atoms with Crippen molar-refractivity contribution in [2.45, 2.75) is 49.9 Å². The Bertz CT molecular complexity index is 1030. The summed E-state index contributed by atoms with van der Waals surface area (Å²) in [5, 5.41) is 0. The number of benzene rings is 1. The van der Waals surface area contributed by atoms with Crippen LogP contribution in [0.3, 0.4) is 0 Å². The number of hydrogen-bond donors (Lipinski definition) is 0. The van der Waals surface area contributed by atoms with Crippen LogP contribution >= 0.6 is 0 Å². The Morgan fingerprint density at radius 2 is 1.93 bits per heavy atom. The summed E-state index contributed by atoms with van der Waals surface area (Å²) < 4.78 is 10.6. The van der Waals surface area contributed by atoms with Crippen molar-refractivity contribution in [3.8, 4) is 0 Å². The van der Waals surface area contributed by atoms with E-state index in [2.05, 4.69) is 6.07 Å². The number of hydrogen-bond acceptors (Lipinski definition) is 5. The van der Waals surface area contributed by atoms with Crippen LogP contribution in [0.4, 0.5) is 0 Å². The van der Waals surface area contributed by atoms with E-state index in [9.17, 15) is 14.4 Å². The molecule has 1 saturated heterocycles. The third-order valence-electron chi connectivity index (χ3n) is 7.18. The van der Waals surface area contributed by atoms with Gasteiger partial charge in [-0.3, -0.25) is 14.4 Å². The van der Waals surface area contributed by atoms with E-state index in [1.165, 1.54) is 18.9 Å². The number of amides is 1. The largest absolute Gasteiger partial charge is 0.469 e. The second-order valence-corrected chi connectivity index (χ2v) is 8.66. The van der Waals surface area contributed by atoms with Crippen LogP contribution < -0.4 is 0 Å². The number of furan rings is 1. The first kappa shape index (κ1) is 19.1. The number of methoxy groups -OCH3 is 1. The van der Waals surface area contributed by atoms with Crippen LogP contribution in [0.2, 0.25) is 0 Å². The molecule has 1 unspecified atom stereocenters. The van der Waals surface area contributed by atoms with Crippen LogP contribution in [-0.4, -0.2) is 42.8 Å². The van der Waals surface area contributed by atoms with Gasteiger partial charge in [-0.1, -0.05) is 24.3 Å². The number of esters is 1. The van der Waals surface area contributed by atoms with Gasteiger partial charge in [-0.2, -0.15) is 0 Å². The molecule has 0 N–H and O–H groups in total. The first-order valence-corrected chi connectivity index (χ1v) is 10.6. The molecule has 5 rings (SSSR count). The number of aryl methyl sites for hydroxylation is 1. The summed E-state index contributed by atoms with van der Waals surface area (Å²) in [5.41, 5.74) is 3.05. The minimum atomic E-state index is -0.244. The lowest BCUT2D eigenvalue weighted by molar-refractivity contribution is -0.142. The summed E-state index contributed by atoms with van der Waals surface area (Å²) in [7, 11) is 1.43. The molecule has 1 fully saturated rings. The Morgan fingerprint density at radius 1 is 1.17 bits per heavy atom. The lowest BCUT2D eigenvalue weighted by Crippen LogP contribution is -2.44. The number of ketones is 1. The number of ether oxygens (including phenoxy) is 1. The Kier molecular flexibility index (Phi) is 4.53. The molecular formula is C24H25NO5. The van der Waals surface area contributed by atoms with Gasteiger partial charge in [0.25, 0.3) is 5.91 Å². The fourth-order valence-corrected chi connectivity index (χ4v) is 5.61. The van der Waals surface area contributed by atoms with Crippen LogP contribution in [0.5, 0.6) is 0 Å². The molecule has 1 spiro atoms. The highest BCUT2D eigenvalue weighted by Crippen LogP contribution is 2.52. The number of carbonyl (C=O) groups is 3. The predicted molar refractivity (Wildman–Crippen MR) is 109 cm³/mol. The molecule has 1 aromatic carbocycles. The zero-order valence-electron chi connectivity index (χ0n) is 17.1. The van der Waals surface area contributed by atoms with E-state index in [4.69, 9.17) is 9.15 Å². The lowest BCUT2D eigenvalue weighted by atomic mass is 9.73. The van der Waals surface area contributed by atoms with Crippen LogP contribution in [0.25, 0.3) is 0 Å². The average molecular weight is 407 g/mol. The van der Waals surface area contributed by atoms with Crippen LogP contribution in [-0.2, 0) is 21.4 Å². The number of rotatable bonds is 2. The number of carbonyl (C=O) groups excluding carboxylic acids is 3. The maximum absolute atomic E-state index is 13.2. The molecule has 2 heterocycles. The molecule has 0 bridgehead atoms. The van der Waals surface area contributed by atoms with Gasteiger partial charge >= 0.3 is 5.97 Å². The summed E-state index contributed by atoms with van der Waals surface area (Å²) in [5.74, 6) is 0.0930. The highest BCUT2D eigenvalue weighted by Gasteiger charge is 2.48. The Morgan fingerprint density at radius 3 is 2.70 bits per heavy atom. The van der Waals surface area contributed by atoms with Crippen molar-refractivity contribution in [2.75, 3.05) is 20.2 Å². The Labute approximate surface area is 175 Å². The van der Waals surface area contributed by atoms with E-state index in [0.717, 1.165) is 31.2 Å². The van der Waals surface area contributed by atoms with Crippen LogP contribution in [0.15, 0.2) is 34.9 Å². The fourth-order valence-electron chi connectivity index (χ4n) is 5.61. The summed E-state index contributed by atoms with van der Waals surface area (Å²) in [6, 6.07) is 8.11. The Hall–Kier alpha value is -2.89. The normalized spacial score (nSPS) is 22.0. The molecule has 156 valence electrons. The van der Waals surface area contributed by atoms with Crippen molar-refractivity contribution < 1.29 is 23.5 Å². The van der Waals surface area contributed by atoms with Gasteiger partial charge in [0, 0.05) is 31.3 Å². The number of likely N-dealkylation sites (tertiary alicyclic amines) is 1. The summed E-state index contributed by atoms with van der Waals surface area (Å²) >= 11 is 0. The fraction of sp³-hybridized carbons (Fsp3) is 0.458. The molecule has 2 aromatic rings. The van der Waals surface area contributed by atoms with Crippen molar-refractivity contribution in [3.63, 3.8) is 0 Å². The lowest BCUT2D eigenvalue weighted by Gasteiger charge is -2.40. The van der Waals surface area contributed by atoms with Crippen LogP contribution in [0.1, 0.15) is 75.6 Å². The number of Topliss-reactive ketones (excluding diaryl/α,β-unsaturated/α-hetero) is 1. The zero-order chi connectivity index (χ0) is 20.9. The molecule has 3 aliphatic rings. The maximum Gasteiger partial charge on any atom is 0.313 e. The number of fused-ring (bicyclic) bond motifs is 3. The summed E-state index contributed by atoms with van der Waals surface area (Å²) in [6.45, 7) is 1.18. The topological polar surface area (TPSA) is 76.8 Å². The van der Waals surface area contributed by atoms with Gasteiger partial charge in [-0.15, -0.1) is 0 Å². The van der Waals surface area contributed by atoms with Crippen molar-refractivity contribution in [1.29, 1.82) is 0 Å². The molecule has 2 aliphatic carbocycles. The molecule has 1 amide bonds. The molecule has 30 heavy (non-hydrogen) atoms. The van der Waals surface area contributed by atoms with Gasteiger partial charge in [-0.25, -0.2) is 0 Å². The van der Waals surface area contributed by atoms with Gasteiger partial charge in [0.05, 0.1) is 24.2 Å². The molecule has 6 heteroatoms. The molecule has 6 nitrogen and oxygen atoms in total. The second kappa shape index (κ2) is 7.11. The highest BCUT2D eigenvalue weighted by molar-refractivity contribution is 6.09. The van der Waals surface area contributed by atoms with Crippen molar-refractivity contribution in [2.24, 2.45) is 0 Å². The van der Waals surface area contributed by atoms with E-state index in [-0.39, 0.29) is 29.0 Å². The Balaban J connectivity index is 1.37. The average Bonchev–Trinajstić information content (AvgIpc) is 3.35. The molecule has 1 aromatic heterocycles. The first-order chi connectivity index (χ1) is 14.5. The molecule has 1 aliphatic heterocycles. The minimum absolute atomic E-state index is 0.00692. The van der Waals surface area contributed by atoms with Crippen molar-refractivity contribution >= 4 is 17.7 Å². The number of nitrogens with zero attached hydrogens (tertiary/aromatic N) is 1. The summed E-state index contributed by atoms with van der Waals surface area (Å²) in [6.07, 6.45) is 5.72. The van der Waals surface area contributed by atoms with Gasteiger partial charge in [0.1, 0.15) is 12.0 Å². The monoisotopic (exact) mass is 407 g/mol. The van der Waals surface area contributed by atoms with E-state index in [1.807, 2.05) is 23.1 Å². The van der Waals surface area contributed by atoms with E-state index in [0.29, 0.717) is 42.8 Å². The van der Waals surface area contributed by atoms with Crippen molar-refractivity contribution in [1.82, 2.24) is 4.90 Å². The van der Waals surface area contributed by atoms with Gasteiger partial charge in [0.2, 0.25) is 0 Å². The van der Waals surface area contributed by atoms with Gasteiger partial charge in [0.15, 0.2) is 5.78 Å². The maximum atomic E-state index is 13.2. The number of piperidine rings is 1. The zero-order valence-corrected chi connectivity index (χ0v) is 17.1. The quantitative estimate of drug-likeness (QED) is 0.711. The molecule has 0 saturated carbocycles.